The lowest BCUT2D eigenvalue weighted by atomic mass is 9.92. The van der Waals surface area contributed by atoms with E-state index in [1.165, 1.54) is 32.4 Å². The molecule has 4 heterocycles. The highest BCUT2D eigenvalue weighted by Gasteiger charge is 2.34. The molecule has 1 amide bonds. The van der Waals surface area contributed by atoms with Crippen molar-refractivity contribution in [3.8, 4) is 11.5 Å². The molecule has 6 rings (SSSR count). The Balaban J connectivity index is 1.15. The molecule has 0 aliphatic carbocycles. The molecule has 8 heteroatoms. The Labute approximate surface area is 230 Å². The number of aliphatic hydroxyl groups is 1. The second-order valence-corrected chi connectivity index (χ2v) is 10.9. The SMILES string of the molecule is O=C(C1=C[C@H](c2ccc3c(c2)OCO3)C[C@H](OCc2ccc(CO)cc2)O1)N1CCC(N2CCCCC2)CC1. The number of hydrogen-bond donors (Lipinski definition) is 1. The van der Waals surface area contributed by atoms with Crippen LogP contribution in [0.5, 0.6) is 11.5 Å². The van der Waals surface area contributed by atoms with E-state index in [-0.39, 0.29) is 25.2 Å². The largest absolute Gasteiger partial charge is 0.459 e. The summed E-state index contributed by atoms with van der Waals surface area (Å²) in [6.45, 7) is 4.46. The molecule has 0 saturated carbocycles. The second-order valence-electron chi connectivity index (χ2n) is 10.9. The zero-order valence-electron chi connectivity index (χ0n) is 22.4. The number of carbonyl (C=O) groups excluding carboxylic acids is 1. The van der Waals surface area contributed by atoms with E-state index in [0.29, 0.717) is 24.8 Å². The molecular weight excluding hydrogens is 496 g/mol. The van der Waals surface area contributed by atoms with Crippen LogP contribution in [0.25, 0.3) is 0 Å². The van der Waals surface area contributed by atoms with Crippen molar-refractivity contribution in [2.45, 2.75) is 70.0 Å². The van der Waals surface area contributed by atoms with Crippen LogP contribution in [0.2, 0.25) is 0 Å². The summed E-state index contributed by atoms with van der Waals surface area (Å²) in [5.41, 5.74) is 2.88. The number of aliphatic hydroxyl groups excluding tert-OH is 1. The number of amides is 1. The molecular formula is C31H38N2O6. The standard InChI is InChI=1S/C31H38N2O6/c34-19-22-4-6-23(7-5-22)20-36-30-18-25(24-8-9-27-28(16-24)38-21-37-27)17-29(39-30)31(35)33-14-10-26(11-15-33)32-12-2-1-3-13-32/h4-9,16-17,25-26,30,34H,1-3,10-15,18-21H2/t25-,30+/m0/s1. The molecule has 2 aromatic carbocycles. The summed E-state index contributed by atoms with van der Waals surface area (Å²) in [7, 11) is 0. The number of piperidine rings is 2. The number of ether oxygens (including phenoxy) is 4. The third-order valence-corrected chi connectivity index (χ3v) is 8.39. The number of hydrogen-bond acceptors (Lipinski definition) is 7. The maximum Gasteiger partial charge on any atom is 0.288 e. The normalized spacial score (nSPS) is 23.8. The number of allylic oxidation sites excluding steroid dienone is 1. The van der Waals surface area contributed by atoms with Crippen LogP contribution >= 0.6 is 0 Å². The first-order chi connectivity index (χ1) is 19.2. The predicted octanol–water partition coefficient (Wildman–Crippen LogP) is 4.32. The highest BCUT2D eigenvalue weighted by atomic mass is 16.7. The van der Waals surface area contributed by atoms with E-state index >= 15 is 0 Å². The van der Waals surface area contributed by atoms with E-state index in [0.717, 1.165) is 54.1 Å². The summed E-state index contributed by atoms with van der Waals surface area (Å²) < 4.78 is 23.5. The van der Waals surface area contributed by atoms with Gasteiger partial charge in [-0.3, -0.25) is 4.79 Å². The van der Waals surface area contributed by atoms with Crippen LogP contribution in [0.4, 0.5) is 0 Å². The molecule has 208 valence electrons. The monoisotopic (exact) mass is 534 g/mol. The molecule has 0 aromatic heterocycles. The predicted molar refractivity (Wildman–Crippen MR) is 145 cm³/mol. The fraction of sp³-hybridized carbons (Fsp3) is 0.516. The summed E-state index contributed by atoms with van der Waals surface area (Å²) in [6.07, 6.45) is 7.90. The Hall–Kier alpha value is -3.07. The quantitative estimate of drug-likeness (QED) is 0.567. The Morgan fingerprint density at radius 2 is 1.67 bits per heavy atom. The van der Waals surface area contributed by atoms with Crippen molar-refractivity contribution in [1.82, 2.24) is 9.80 Å². The summed E-state index contributed by atoms with van der Waals surface area (Å²) in [6, 6.07) is 14.2. The average molecular weight is 535 g/mol. The zero-order chi connectivity index (χ0) is 26.6. The molecule has 39 heavy (non-hydrogen) atoms. The first-order valence-corrected chi connectivity index (χ1v) is 14.3. The highest BCUT2D eigenvalue weighted by molar-refractivity contribution is 5.92. The number of benzene rings is 2. The van der Waals surface area contributed by atoms with Gasteiger partial charge in [-0.15, -0.1) is 0 Å². The van der Waals surface area contributed by atoms with Crippen LogP contribution in [-0.4, -0.2) is 66.1 Å². The minimum absolute atomic E-state index is 0.00955. The molecule has 4 aliphatic rings. The Morgan fingerprint density at radius 3 is 2.44 bits per heavy atom. The molecule has 2 saturated heterocycles. The van der Waals surface area contributed by atoms with Gasteiger partial charge >= 0.3 is 0 Å². The van der Waals surface area contributed by atoms with Crippen molar-refractivity contribution in [1.29, 1.82) is 0 Å². The third-order valence-electron chi connectivity index (χ3n) is 8.39. The number of nitrogens with zero attached hydrogens (tertiary/aromatic N) is 2. The smallest absolute Gasteiger partial charge is 0.288 e. The first-order valence-electron chi connectivity index (χ1n) is 14.3. The van der Waals surface area contributed by atoms with Gasteiger partial charge in [0.15, 0.2) is 17.3 Å². The Kier molecular flexibility index (Phi) is 8.04. The topological polar surface area (TPSA) is 80.7 Å². The minimum Gasteiger partial charge on any atom is -0.459 e. The van der Waals surface area contributed by atoms with Crippen LogP contribution in [0, 0.1) is 0 Å². The number of fused-ring (bicyclic) bond motifs is 1. The van der Waals surface area contributed by atoms with E-state index in [1.54, 1.807) is 0 Å². The molecule has 2 atom stereocenters. The van der Waals surface area contributed by atoms with Gasteiger partial charge in [0.1, 0.15) is 0 Å². The van der Waals surface area contributed by atoms with Crippen molar-refractivity contribution >= 4 is 5.91 Å². The van der Waals surface area contributed by atoms with Crippen LogP contribution in [0.15, 0.2) is 54.3 Å². The molecule has 0 unspecified atom stereocenters. The summed E-state index contributed by atoms with van der Waals surface area (Å²) in [4.78, 5) is 18.2. The molecule has 8 nitrogen and oxygen atoms in total. The van der Waals surface area contributed by atoms with Crippen LogP contribution < -0.4 is 9.47 Å². The van der Waals surface area contributed by atoms with Crippen molar-refractivity contribution < 1.29 is 28.8 Å². The van der Waals surface area contributed by atoms with Crippen molar-refractivity contribution in [3.63, 3.8) is 0 Å². The lowest BCUT2D eigenvalue weighted by Crippen LogP contribution is -2.49. The first kappa shape index (κ1) is 26.2. The summed E-state index contributed by atoms with van der Waals surface area (Å²) in [5.74, 6) is 1.71. The molecule has 0 radical (unpaired) electrons. The molecule has 0 bridgehead atoms. The third kappa shape index (κ3) is 6.08. The highest BCUT2D eigenvalue weighted by Crippen LogP contribution is 2.39. The lowest BCUT2D eigenvalue weighted by molar-refractivity contribution is -0.157. The van der Waals surface area contributed by atoms with E-state index in [1.807, 2.05) is 53.4 Å². The van der Waals surface area contributed by atoms with Gasteiger partial charge in [-0.2, -0.15) is 0 Å². The molecule has 0 spiro atoms. The van der Waals surface area contributed by atoms with Gasteiger partial charge in [0.25, 0.3) is 5.91 Å². The molecule has 2 fully saturated rings. The fourth-order valence-corrected chi connectivity index (χ4v) is 6.09. The second kappa shape index (κ2) is 12.0. The van der Waals surface area contributed by atoms with Gasteiger partial charge in [-0.25, -0.2) is 0 Å². The number of rotatable bonds is 7. The maximum atomic E-state index is 13.7. The van der Waals surface area contributed by atoms with Crippen LogP contribution in [0.3, 0.4) is 0 Å². The van der Waals surface area contributed by atoms with Crippen molar-refractivity contribution in [2.75, 3.05) is 33.0 Å². The van der Waals surface area contributed by atoms with E-state index in [4.69, 9.17) is 18.9 Å². The maximum absolute atomic E-state index is 13.7. The zero-order valence-corrected chi connectivity index (χ0v) is 22.4. The Bertz CT molecular complexity index is 1170. The van der Waals surface area contributed by atoms with Gasteiger partial charge in [0.2, 0.25) is 13.1 Å². The average Bonchev–Trinajstić information content (AvgIpc) is 3.48. The van der Waals surface area contributed by atoms with E-state index in [2.05, 4.69) is 4.90 Å². The lowest BCUT2D eigenvalue weighted by Gasteiger charge is -2.40. The van der Waals surface area contributed by atoms with Gasteiger partial charge < -0.3 is 33.9 Å². The minimum atomic E-state index is -0.562. The van der Waals surface area contributed by atoms with Gasteiger partial charge in [0.05, 0.1) is 13.2 Å². The van der Waals surface area contributed by atoms with E-state index in [9.17, 15) is 9.90 Å². The number of carbonyl (C=O) groups is 1. The molecule has 4 aliphatic heterocycles. The Morgan fingerprint density at radius 1 is 0.923 bits per heavy atom. The van der Waals surface area contributed by atoms with Crippen LogP contribution in [-0.2, 0) is 27.5 Å². The van der Waals surface area contributed by atoms with Crippen LogP contribution in [0.1, 0.15) is 61.1 Å². The number of likely N-dealkylation sites (tertiary alicyclic amines) is 2. The van der Waals surface area contributed by atoms with Gasteiger partial charge in [-0.05, 0) is 73.7 Å². The van der Waals surface area contributed by atoms with E-state index < -0.39 is 6.29 Å². The molecule has 2 aromatic rings. The van der Waals surface area contributed by atoms with Gasteiger partial charge in [0, 0.05) is 31.5 Å². The van der Waals surface area contributed by atoms with Crippen molar-refractivity contribution in [2.24, 2.45) is 0 Å². The van der Waals surface area contributed by atoms with Gasteiger partial charge in [-0.1, -0.05) is 36.8 Å². The van der Waals surface area contributed by atoms with Crippen molar-refractivity contribution in [3.05, 3.63) is 71.0 Å². The fourth-order valence-electron chi connectivity index (χ4n) is 6.09. The summed E-state index contributed by atoms with van der Waals surface area (Å²) in [5, 5.41) is 9.31. The summed E-state index contributed by atoms with van der Waals surface area (Å²) >= 11 is 0. The molecule has 1 N–H and O–H groups in total.